The van der Waals surface area contributed by atoms with Crippen LogP contribution in [0, 0.1) is 5.82 Å². The van der Waals surface area contributed by atoms with Gasteiger partial charge >= 0.3 is 5.97 Å². The summed E-state index contributed by atoms with van der Waals surface area (Å²) in [6, 6.07) is 10.8. The Morgan fingerprint density at radius 2 is 1.86 bits per heavy atom. The number of nitrogens with one attached hydrogen (secondary N) is 1. The maximum absolute atomic E-state index is 13.2. The Kier molecular flexibility index (Phi) is 8.33. The molecule has 2 aromatic rings. The lowest BCUT2D eigenvalue weighted by atomic mass is 10.1. The van der Waals surface area contributed by atoms with Gasteiger partial charge in [0.2, 0.25) is 0 Å². The predicted molar refractivity (Wildman–Crippen MR) is 133 cm³/mol. The summed E-state index contributed by atoms with van der Waals surface area (Å²) < 4.78 is 25.0. The normalized spacial score (nSPS) is 24.5. The van der Waals surface area contributed by atoms with Crippen molar-refractivity contribution in [1.82, 2.24) is 15.1 Å². The summed E-state index contributed by atoms with van der Waals surface area (Å²) >= 11 is 6.14. The van der Waals surface area contributed by atoms with Gasteiger partial charge in [0, 0.05) is 55.8 Å². The van der Waals surface area contributed by atoms with E-state index in [-0.39, 0.29) is 36.5 Å². The first-order valence-corrected chi connectivity index (χ1v) is 12.4. The summed E-state index contributed by atoms with van der Waals surface area (Å²) in [7, 11) is 0. The smallest absolute Gasteiger partial charge is 0.320 e. The highest BCUT2D eigenvalue weighted by Crippen LogP contribution is 2.32. The number of hydrogen-bond donors (Lipinski definition) is 2. The van der Waals surface area contributed by atoms with E-state index in [1.54, 1.807) is 30.3 Å². The molecule has 194 valence electrons. The van der Waals surface area contributed by atoms with Gasteiger partial charge in [0.15, 0.2) is 18.1 Å². The van der Waals surface area contributed by atoms with Crippen LogP contribution in [0.25, 0.3) is 0 Å². The number of aliphatic carboxylic acids is 1. The molecule has 2 aromatic carbocycles. The molecule has 0 radical (unpaired) electrons. The van der Waals surface area contributed by atoms with Crippen molar-refractivity contribution in [2.75, 3.05) is 26.2 Å². The van der Waals surface area contributed by atoms with Crippen LogP contribution in [0.3, 0.4) is 0 Å². The van der Waals surface area contributed by atoms with Crippen molar-refractivity contribution >= 4 is 23.5 Å². The van der Waals surface area contributed by atoms with Gasteiger partial charge in [-0.25, -0.2) is 4.39 Å². The zero-order valence-corrected chi connectivity index (χ0v) is 21.1. The van der Waals surface area contributed by atoms with E-state index in [1.165, 1.54) is 12.1 Å². The molecule has 10 heteroatoms. The van der Waals surface area contributed by atoms with E-state index >= 15 is 0 Å². The molecule has 0 spiro atoms. The monoisotopic (exact) mass is 519 g/mol. The third kappa shape index (κ3) is 6.46. The molecular formula is C26H31ClFN3O5. The second kappa shape index (κ2) is 11.5. The van der Waals surface area contributed by atoms with E-state index in [0.29, 0.717) is 49.1 Å². The molecular weight excluding hydrogens is 489 g/mol. The molecule has 0 saturated carbocycles. The minimum Gasteiger partial charge on any atom is -0.485 e. The molecule has 2 heterocycles. The van der Waals surface area contributed by atoms with E-state index in [4.69, 9.17) is 21.1 Å². The van der Waals surface area contributed by atoms with Crippen molar-refractivity contribution < 1.29 is 28.6 Å². The Morgan fingerprint density at radius 3 is 2.56 bits per heavy atom. The summed E-state index contributed by atoms with van der Waals surface area (Å²) in [6.45, 7) is 6.24. The quantitative estimate of drug-likeness (QED) is 0.553. The van der Waals surface area contributed by atoms with E-state index < -0.39 is 12.0 Å². The second-order valence-corrected chi connectivity index (χ2v) is 9.89. The molecule has 0 aromatic heterocycles. The molecule has 0 bridgehead atoms. The number of benzene rings is 2. The SMILES string of the molecule is CC1CN(C(=O)COc2ccc(Cl)cc2OC2CNC(C(=O)O)C2)C(C)CN1Cc1ccc(F)cc1. The minimum atomic E-state index is -0.921. The highest BCUT2D eigenvalue weighted by atomic mass is 35.5. The molecule has 2 fully saturated rings. The number of ether oxygens (including phenoxy) is 2. The van der Waals surface area contributed by atoms with Crippen molar-refractivity contribution in [2.24, 2.45) is 0 Å². The van der Waals surface area contributed by atoms with Crippen LogP contribution in [-0.4, -0.2) is 77.3 Å². The first-order chi connectivity index (χ1) is 17.2. The molecule has 2 N–H and O–H groups in total. The number of nitrogens with zero attached hydrogens (tertiary/aromatic N) is 2. The maximum atomic E-state index is 13.2. The van der Waals surface area contributed by atoms with Crippen molar-refractivity contribution in [3.8, 4) is 11.5 Å². The molecule has 8 nitrogen and oxygen atoms in total. The fourth-order valence-electron chi connectivity index (χ4n) is 4.67. The first kappa shape index (κ1) is 26.2. The summed E-state index contributed by atoms with van der Waals surface area (Å²) in [4.78, 5) is 28.4. The standard InChI is InChI=1S/C26H31ClFN3O5/c1-16-13-31(17(2)12-30(16)14-18-3-6-20(28)7-4-18)25(32)15-35-23-8-5-19(27)9-24(23)36-21-10-22(26(33)34)29-11-21/h3-9,16-17,21-22,29H,10-15H2,1-2H3,(H,33,34). The van der Waals surface area contributed by atoms with Crippen LogP contribution in [0.2, 0.25) is 5.02 Å². The third-order valence-corrected chi connectivity index (χ3v) is 6.91. The average Bonchev–Trinajstić information content (AvgIpc) is 3.31. The highest BCUT2D eigenvalue weighted by Gasteiger charge is 2.33. The van der Waals surface area contributed by atoms with E-state index in [9.17, 15) is 19.1 Å². The van der Waals surface area contributed by atoms with Crippen molar-refractivity contribution in [2.45, 2.75) is 51.0 Å². The van der Waals surface area contributed by atoms with E-state index in [1.807, 2.05) is 11.8 Å². The van der Waals surface area contributed by atoms with Crippen LogP contribution in [-0.2, 0) is 16.1 Å². The van der Waals surface area contributed by atoms with Crippen LogP contribution < -0.4 is 14.8 Å². The number of carboxylic acids is 1. The summed E-state index contributed by atoms with van der Waals surface area (Å²) in [5.74, 6) is -0.560. The Bertz CT molecular complexity index is 1090. The van der Waals surface area contributed by atoms with Gasteiger partial charge in [0.1, 0.15) is 18.0 Å². The van der Waals surface area contributed by atoms with Crippen LogP contribution >= 0.6 is 11.6 Å². The number of carbonyl (C=O) groups excluding carboxylic acids is 1. The predicted octanol–water partition coefficient (Wildman–Crippen LogP) is 3.17. The number of carbonyl (C=O) groups is 2. The Balaban J connectivity index is 1.34. The van der Waals surface area contributed by atoms with Gasteiger partial charge < -0.3 is 24.8 Å². The Morgan fingerprint density at radius 1 is 1.11 bits per heavy atom. The Hall–Kier alpha value is -2.88. The van der Waals surface area contributed by atoms with Gasteiger partial charge in [-0.15, -0.1) is 0 Å². The minimum absolute atomic E-state index is 0.0174. The summed E-state index contributed by atoms with van der Waals surface area (Å²) in [5.41, 5.74) is 1.03. The summed E-state index contributed by atoms with van der Waals surface area (Å²) in [6.07, 6.45) is -0.0321. The van der Waals surface area contributed by atoms with Gasteiger partial charge in [-0.05, 0) is 43.7 Å². The molecule has 2 aliphatic rings. The van der Waals surface area contributed by atoms with Gasteiger partial charge in [0.05, 0.1) is 0 Å². The lowest BCUT2D eigenvalue weighted by molar-refractivity contribution is -0.140. The fraction of sp³-hybridized carbons (Fsp3) is 0.462. The number of amides is 1. The molecule has 2 saturated heterocycles. The molecule has 4 atom stereocenters. The van der Waals surface area contributed by atoms with Gasteiger partial charge in [-0.2, -0.15) is 0 Å². The average molecular weight is 520 g/mol. The molecule has 36 heavy (non-hydrogen) atoms. The molecule has 4 rings (SSSR count). The lowest BCUT2D eigenvalue weighted by Crippen LogP contribution is -2.58. The second-order valence-electron chi connectivity index (χ2n) is 9.45. The number of rotatable bonds is 8. The lowest BCUT2D eigenvalue weighted by Gasteiger charge is -2.44. The van der Waals surface area contributed by atoms with E-state index in [0.717, 1.165) is 5.56 Å². The molecule has 0 aliphatic carbocycles. The van der Waals surface area contributed by atoms with Crippen LogP contribution in [0.1, 0.15) is 25.8 Å². The molecule has 4 unspecified atom stereocenters. The fourth-order valence-corrected chi connectivity index (χ4v) is 4.83. The number of halogens is 2. The molecule has 2 aliphatic heterocycles. The van der Waals surface area contributed by atoms with Crippen molar-refractivity contribution in [3.63, 3.8) is 0 Å². The van der Waals surface area contributed by atoms with Crippen LogP contribution in [0.5, 0.6) is 11.5 Å². The van der Waals surface area contributed by atoms with Gasteiger partial charge in [0.25, 0.3) is 5.91 Å². The zero-order valence-electron chi connectivity index (χ0n) is 20.3. The van der Waals surface area contributed by atoms with Gasteiger partial charge in [-0.1, -0.05) is 23.7 Å². The number of piperazine rings is 1. The topological polar surface area (TPSA) is 91.3 Å². The van der Waals surface area contributed by atoms with Crippen LogP contribution in [0.4, 0.5) is 4.39 Å². The van der Waals surface area contributed by atoms with Crippen molar-refractivity contribution in [3.05, 3.63) is 58.9 Å². The highest BCUT2D eigenvalue weighted by molar-refractivity contribution is 6.30. The van der Waals surface area contributed by atoms with Crippen LogP contribution in [0.15, 0.2) is 42.5 Å². The molecule has 1 amide bonds. The zero-order chi connectivity index (χ0) is 25.8. The maximum Gasteiger partial charge on any atom is 0.320 e. The van der Waals surface area contributed by atoms with Gasteiger partial charge in [-0.3, -0.25) is 14.5 Å². The Labute approximate surface area is 214 Å². The third-order valence-electron chi connectivity index (χ3n) is 6.67. The van der Waals surface area contributed by atoms with Crippen molar-refractivity contribution in [1.29, 1.82) is 0 Å². The number of hydrogen-bond acceptors (Lipinski definition) is 6. The largest absolute Gasteiger partial charge is 0.485 e. The number of carboxylic acid groups (broad SMARTS) is 1. The summed E-state index contributed by atoms with van der Waals surface area (Å²) in [5, 5.41) is 12.5. The van der Waals surface area contributed by atoms with E-state index in [2.05, 4.69) is 17.1 Å². The first-order valence-electron chi connectivity index (χ1n) is 12.0.